The van der Waals surface area contributed by atoms with Crippen LogP contribution in [0.3, 0.4) is 0 Å². The number of aryl methyl sites for hydroxylation is 1. The van der Waals surface area contributed by atoms with Crippen LogP contribution in [0, 0.1) is 5.92 Å². The number of benzene rings is 1. The van der Waals surface area contributed by atoms with Gasteiger partial charge in [-0.15, -0.1) is 0 Å². The molecule has 1 aromatic carbocycles. The molecule has 1 aliphatic heterocycles. The fourth-order valence-electron chi connectivity index (χ4n) is 2.29. The van der Waals surface area contributed by atoms with Gasteiger partial charge in [0.2, 0.25) is 0 Å². The Kier molecular flexibility index (Phi) is 4.06. The van der Waals surface area contributed by atoms with Gasteiger partial charge in [-0.2, -0.15) is 0 Å². The Bertz CT molecular complexity index is 373. The van der Waals surface area contributed by atoms with Crippen molar-refractivity contribution in [2.75, 3.05) is 6.61 Å². The molecule has 1 aromatic rings. The van der Waals surface area contributed by atoms with Gasteiger partial charge in [-0.25, -0.2) is 0 Å². The number of nitrogens with two attached hydrogens (primary N) is 1. The highest BCUT2D eigenvalue weighted by Crippen LogP contribution is 2.28. The number of hydrogen-bond donors (Lipinski definition) is 1. The molecule has 2 rings (SSSR count). The van der Waals surface area contributed by atoms with Crippen LogP contribution in [0.5, 0.6) is 5.75 Å². The van der Waals surface area contributed by atoms with Crippen LogP contribution in [0.15, 0.2) is 18.2 Å². The van der Waals surface area contributed by atoms with Crippen molar-refractivity contribution in [2.45, 2.75) is 45.6 Å². The van der Waals surface area contributed by atoms with Crippen molar-refractivity contribution < 1.29 is 4.74 Å². The SMILES string of the molecule is CC(C)CCC(N)c1ccc2c(c1)CCCO2. The van der Waals surface area contributed by atoms with E-state index in [0.717, 1.165) is 37.5 Å². The molecule has 0 fully saturated rings. The van der Waals surface area contributed by atoms with Crippen LogP contribution in [0.25, 0.3) is 0 Å². The highest BCUT2D eigenvalue weighted by molar-refractivity contribution is 5.39. The summed E-state index contributed by atoms with van der Waals surface area (Å²) in [6.45, 7) is 5.34. The van der Waals surface area contributed by atoms with E-state index in [0.29, 0.717) is 0 Å². The van der Waals surface area contributed by atoms with Gasteiger partial charge >= 0.3 is 0 Å². The van der Waals surface area contributed by atoms with Crippen molar-refractivity contribution in [3.63, 3.8) is 0 Å². The van der Waals surface area contributed by atoms with Crippen LogP contribution in [-0.2, 0) is 6.42 Å². The third-order valence-corrected chi connectivity index (χ3v) is 3.42. The smallest absolute Gasteiger partial charge is 0.122 e. The summed E-state index contributed by atoms with van der Waals surface area (Å²) in [6.07, 6.45) is 4.50. The molecule has 0 aromatic heterocycles. The van der Waals surface area contributed by atoms with Gasteiger partial charge in [-0.1, -0.05) is 26.0 Å². The van der Waals surface area contributed by atoms with Gasteiger partial charge in [0.05, 0.1) is 6.61 Å². The van der Waals surface area contributed by atoms with E-state index in [4.69, 9.17) is 10.5 Å². The number of rotatable bonds is 4. The Morgan fingerprint density at radius 1 is 1.29 bits per heavy atom. The zero-order valence-corrected chi connectivity index (χ0v) is 10.9. The first-order chi connectivity index (χ1) is 8.16. The summed E-state index contributed by atoms with van der Waals surface area (Å²) in [7, 11) is 0. The van der Waals surface area contributed by atoms with E-state index in [1.54, 1.807) is 0 Å². The van der Waals surface area contributed by atoms with E-state index >= 15 is 0 Å². The van der Waals surface area contributed by atoms with Crippen molar-refractivity contribution >= 4 is 0 Å². The molecule has 2 heteroatoms. The second-order valence-corrected chi connectivity index (χ2v) is 5.40. The molecule has 1 atom stereocenters. The van der Waals surface area contributed by atoms with Crippen LogP contribution in [0.1, 0.15) is 50.3 Å². The molecular weight excluding hydrogens is 210 g/mol. The van der Waals surface area contributed by atoms with E-state index in [2.05, 4.69) is 32.0 Å². The monoisotopic (exact) mass is 233 g/mol. The quantitative estimate of drug-likeness (QED) is 0.864. The minimum Gasteiger partial charge on any atom is -0.493 e. The van der Waals surface area contributed by atoms with Crippen LogP contribution in [0.2, 0.25) is 0 Å². The lowest BCUT2D eigenvalue weighted by Gasteiger charge is -2.20. The summed E-state index contributed by atoms with van der Waals surface area (Å²) in [5, 5.41) is 0. The second-order valence-electron chi connectivity index (χ2n) is 5.40. The standard InChI is InChI=1S/C15H23NO/c1-11(2)5-7-14(16)12-6-8-15-13(10-12)4-3-9-17-15/h6,8,10-11,14H,3-5,7,9,16H2,1-2H3. The fraction of sp³-hybridized carbons (Fsp3) is 0.600. The maximum absolute atomic E-state index is 6.24. The third kappa shape index (κ3) is 3.22. The molecule has 2 nitrogen and oxygen atoms in total. The largest absolute Gasteiger partial charge is 0.493 e. The van der Waals surface area contributed by atoms with Crippen LogP contribution in [0.4, 0.5) is 0 Å². The Balaban J connectivity index is 2.05. The van der Waals surface area contributed by atoms with Crippen LogP contribution < -0.4 is 10.5 Å². The average Bonchev–Trinajstić information content (AvgIpc) is 2.35. The van der Waals surface area contributed by atoms with E-state index in [1.165, 1.54) is 17.5 Å². The third-order valence-electron chi connectivity index (χ3n) is 3.42. The van der Waals surface area contributed by atoms with Crippen molar-refractivity contribution in [3.8, 4) is 5.75 Å². The molecule has 0 aliphatic carbocycles. The van der Waals surface area contributed by atoms with E-state index < -0.39 is 0 Å². The average molecular weight is 233 g/mol. The Hall–Kier alpha value is -1.02. The Labute approximate surface area is 104 Å². The zero-order chi connectivity index (χ0) is 12.3. The van der Waals surface area contributed by atoms with Crippen molar-refractivity contribution in [1.82, 2.24) is 0 Å². The molecular formula is C15H23NO. The highest BCUT2D eigenvalue weighted by atomic mass is 16.5. The predicted octanol–water partition coefficient (Wildman–Crippen LogP) is 3.45. The van der Waals surface area contributed by atoms with E-state index in [9.17, 15) is 0 Å². The lowest BCUT2D eigenvalue weighted by molar-refractivity contribution is 0.288. The number of hydrogen-bond acceptors (Lipinski definition) is 2. The van der Waals surface area contributed by atoms with Crippen LogP contribution >= 0.6 is 0 Å². The summed E-state index contributed by atoms with van der Waals surface area (Å²) < 4.78 is 5.62. The summed E-state index contributed by atoms with van der Waals surface area (Å²) in [4.78, 5) is 0. The first-order valence-electron chi connectivity index (χ1n) is 6.68. The van der Waals surface area contributed by atoms with Gasteiger partial charge in [0.1, 0.15) is 5.75 Å². The number of fused-ring (bicyclic) bond motifs is 1. The molecule has 2 N–H and O–H groups in total. The minimum absolute atomic E-state index is 0.171. The second kappa shape index (κ2) is 5.54. The molecule has 17 heavy (non-hydrogen) atoms. The molecule has 0 radical (unpaired) electrons. The topological polar surface area (TPSA) is 35.2 Å². The summed E-state index contributed by atoms with van der Waals surface area (Å²) >= 11 is 0. The predicted molar refractivity (Wildman–Crippen MR) is 71.3 cm³/mol. The molecule has 1 unspecified atom stereocenters. The van der Waals surface area contributed by atoms with Crippen LogP contribution in [-0.4, -0.2) is 6.61 Å². The fourth-order valence-corrected chi connectivity index (χ4v) is 2.29. The normalized spacial score (nSPS) is 16.5. The van der Waals surface area contributed by atoms with Gasteiger partial charge in [-0.05, 0) is 48.8 Å². The Morgan fingerprint density at radius 3 is 2.88 bits per heavy atom. The first-order valence-corrected chi connectivity index (χ1v) is 6.68. The molecule has 1 aliphatic rings. The molecule has 0 amide bonds. The number of ether oxygens (including phenoxy) is 1. The zero-order valence-electron chi connectivity index (χ0n) is 10.9. The summed E-state index contributed by atoms with van der Waals surface area (Å²) in [6, 6.07) is 6.61. The van der Waals surface area contributed by atoms with E-state index in [-0.39, 0.29) is 6.04 Å². The molecule has 0 saturated heterocycles. The van der Waals surface area contributed by atoms with Crippen molar-refractivity contribution in [2.24, 2.45) is 11.7 Å². The molecule has 94 valence electrons. The summed E-state index contributed by atoms with van der Waals surface area (Å²) in [5.41, 5.74) is 8.82. The van der Waals surface area contributed by atoms with Gasteiger partial charge < -0.3 is 10.5 Å². The van der Waals surface area contributed by atoms with E-state index in [1.807, 2.05) is 0 Å². The van der Waals surface area contributed by atoms with Crippen molar-refractivity contribution in [1.29, 1.82) is 0 Å². The maximum Gasteiger partial charge on any atom is 0.122 e. The van der Waals surface area contributed by atoms with Gasteiger partial charge in [0, 0.05) is 6.04 Å². The highest BCUT2D eigenvalue weighted by Gasteiger charge is 2.13. The first kappa shape index (κ1) is 12.4. The minimum atomic E-state index is 0.171. The molecule has 0 spiro atoms. The lowest BCUT2D eigenvalue weighted by atomic mass is 9.95. The molecule has 0 bridgehead atoms. The summed E-state index contributed by atoms with van der Waals surface area (Å²) in [5.74, 6) is 1.78. The van der Waals surface area contributed by atoms with Gasteiger partial charge in [0.15, 0.2) is 0 Å². The van der Waals surface area contributed by atoms with Gasteiger partial charge in [0.25, 0.3) is 0 Å². The Morgan fingerprint density at radius 2 is 2.12 bits per heavy atom. The molecule has 1 heterocycles. The van der Waals surface area contributed by atoms with Gasteiger partial charge in [-0.3, -0.25) is 0 Å². The van der Waals surface area contributed by atoms with Crippen molar-refractivity contribution in [3.05, 3.63) is 29.3 Å². The molecule has 0 saturated carbocycles. The maximum atomic E-state index is 6.24. The lowest BCUT2D eigenvalue weighted by Crippen LogP contribution is -2.13.